The molecule has 0 aliphatic carbocycles. The maximum Gasteiger partial charge on any atom is 0.246 e. The van der Waals surface area contributed by atoms with Crippen molar-refractivity contribution in [1.82, 2.24) is 0 Å². The molecule has 13 heavy (non-hydrogen) atoms. The third-order valence-corrected chi connectivity index (χ3v) is 2.76. The second-order valence-electron chi connectivity index (χ2n) is 3.73. The standard InChI is InChI=1S/C11H23OSi/c1-3-5-7-9-11(12-13)10-8-6-4-2/h11H,3-10H2,1-2H3. The Morgan fingerprint density at radius 2 is 1.38 bits per heavy atom. The van der Waals surface area contributed by atoms with E-state index in [0.717, 1.165) is 0 Å². The zero-order chi connectivity index (χ0) is 9.94. The number of unbranched alkanes of at least 4 members (excludes halogenated alkanes) is 4. The van der Waals surface area contributed by atoms with Gasteiger partial charge in [0.1, 0.15) is 0 Å². The third-order valence-electron chi connectivity index (χ3n) is 2.43. The number of rotatable bonds is 9. The third kappa shape index (κ3) is 8.51. The quantitative estimate of drug-likeness (QED) is 0.407. The van der Waals surface area contributed by atoms with Crippen molar-refractivity contribution in [3.63, 3.8) is 0 Å². The van der Waals surface area contributed by atoms with E-state index in [1.165, 1.54) is 51.4 Å². The maximum absolute atomic E-state index is 5.25. The molecule has 0 aliphatic rings. The zero-order valence-electron chi connectivity index (χ0n) is 9.14. The Morgan fingerprint density at radius 3 is 1.69 bits per heavy atom. The van der Waals surface area contributed by atoms with Crippen LogP contribution in [0.5, 0.6) is 0 Å². The predicted molar refractivity (Wildman–Crippen MR) is 58.9 cm³/mol. The van der Waals surface area contributed by atoms with Crippen LogP contribution in [0.4, 0.5) is 0 Å². The zero-order valence-corrected chi connectivity index (χ0v) is 10.1. The first kappa shape index (κ1) is 13.2. The molecule has 0 saturated heterocycles. The van der Waals surface area contributed by atoms with E-state index in [-0.39, 0.29) is 0 Å². The molecule has 0 aromatic rings. The van der Waals surface area contributed by atoms with Gasteiger partial charge in [0.25, 0.3) is 0 Å². The van der Waals surface area contributed by atoms with Crippen molar-refractivity contribution in [2.45, 2.75) is 71.3 Å². The smallest absolute Gasteiger partial charge is 0.246 e. The van der Waals surface area contributed by atoms with E-state index >= 15 is 0 Å². The summed E-state index contributed by atoms with van der Waals surface area (Å²) in [5, 5.41) is 0. The van der Waals surface area contributed by atoms with Crippen LogP contribution >= 0.6 is 0 Å². The van der Waals surface area contributed by atoms with E-state index in [1.807, 2.05) is 0 Å². The molecule has 0 spiro atoms. The molecule has 0 saturated carbocycles. The summed E-state index contributed by atoms with van der Waals surface area (Å²) >= 11 is 0. The van der Waals surface area contributed by atoms with Gasteiger partial charge in [0.15, 0.2) is 0 Å². The fraction of sp³-hybridized carbons (Fsp3) is 1.00. The first-order valence-electron chi connectivity index (χ1n) is 5.67. The summed E-state index contributed by atoms with van der Waals surface area (Å²) < 4.78 is 5.25. The van der Waals surface area contributed by atoms with Gasteiger partial charge in [0.2, 0.25) is 10.5 Å². The highest BCUT2D eigenvalue weighted by Crippen LogP contribution is 2.12. The van der Waals surface area contributed by atoms with Gasteiger partial charge < -0.3 is 4.43 Å². The maximum atomic E-state index is 5.25. The SMILES string of the molecule is CCCCCC(CCCCC)O[Si]. The Kier molecular flexibility index (Phi) is 10.4. The molecule has 0 N–H and O–H groups in total. The minimum Gasteiger partial charge on any atom is -0.416 e. The topological polar surface area (TPSA) is 9.23 Å². The van der Waals surface area contributed by atoms with E-state index < -0.39 is 0 Å². The predicted octanol–water partition coefficient (Wildman–Crippen LogP) is 3.62. The first-order valence-corrected chi connectivity index (χ1v) is 6.08. The second-order valence-corrected chi connectivity index (χ2v) is 3.97. The largest absolute Gasteiger partial charge is 0.416 e. The summed E-state index contributed by atoms with van der Waals surface area (Å²) in [6.07, 6.45) is 10.7. The molecule has 0 unspecified atom stereocenters. The van der Waals surface area contributed by atoms with Gasteiger partial charge in [-0.25, -0.2) is 0 Å². The van der Waals surface area contributed by atoms with Crippen molar-refractivity contribution in [2.24, 2.45) is 0 Å². The summed E-state index contributed by atoms with van der Waals surface area (Å²) in [4.78, 5) is 0. The number of hydrogen-bond donors (Lipinski definition) is 0. The van der Waals surface area contributed by atoms with E-state index in [2.05, 4.69) is 24.3 Å². The molecule has 0 atom stereocenters. The van der Waals surface area contributed by atoms with Crippen LogP contribution in [0, 0.1) is 0 Å². The van der Waals surface area contributed by atoms with Crippen LogP contribution in [0.15, 0.2) is 0 Å². The van der Waals surface area contributed by atoms with Crippen LogP contribution < -0.4 is 0 Å². The number of hydrogen-bond acceptors (Lipinski definition) is 1. The summed E-state index contributed by atoms with van der Waals surface area (Å²) in [5.74, 6) is 0. The molecule has 0 rings (SSSR count). The normalized spacial score (nSPS) is 11.1. The van der Waals surface area contributed by atoms with Crippen LogP contribution in [0.2, 0.25) is 0 Å². The van der Waals surface area contributed by atoms with Gasteiger partial charge in [0.05, 0.1) is 0 Å². The summed E-state index contributed by atoms with van der Waals surface area (Å²) in [7, 11) is 3.17. The lowest BCUT2D eigenvalue weighted by molar-refractivity contribution is 0.190. The molecule has 0 aromatic carbocycles. The summed E-state index contributed by atoms with van der Waals surface area (Å²) in [5.41, 5.74) is 0. The first-order chi connectivity index (χ1) is 6.35. The highest BCUT2D eigenvalue weighted by Gasteiger charge is 2.05. The van der Waals surface area contributed by atoms with Crippen LogP contribution in [-0.2, 0) is 4.43 Å². The van der Waals surface area contributed by atoms with Gasteiger partial charge in [0, 0.05) is 6.10 Å². The Morgan fingerprint density at radius 1 is 0.923 bits per heavy atom. The monoisotopic (exact) mass is 199 g/mol. The molecule has 0 aromatic heterocycles. The Bertz CT molecular complexity index is 86.1. The summed E-state index contributed by atoms with van der Waals surface area (Å²) in [6, 6.07) is 0. The van der Waals surface area contributed by atoms with E-state index in [1.54, 1.807) is 0 Å². The van der Waals surface area contributed by atoms with Crippen LogP contribution in [0.25, 0.3) is 0 Å². The Hall–Kier alpha value is 0.177. The lowest BCUT2D eigenvalue weighted by Gasteiger charge is -2.14. The van der Waals surface area contributed by atoms with Crippen LogP contribution in [0.3, 0.4) is 0 Å². The van der Waals surface area contributed by atoms with Crippen molar-refractivity contribution in [2.75, 3.05) is 0 Å². The highest BCUT2D eigenvalue weighted by atomic mass is 28.2. The van der Waals surface area contributed by atoms with Crippen molar-refractivity contribution in [1.29, 1.82) is 0 Å². The molecule has 0 heterocycles. The van der Waals surface area contributed by atoms with E-state index in [0.29, 0.717) is 6.10 Å². The van der Waals surface area contributed by atoms with Gasteiger partial charge in [-0.3, -0.25) is 0 Å². The molecule has 0 fully saturated rings. The van der Waals surface area contributed by atoms with Gasteiger partial charge >= 0.3 is 0 Å². The molecule has 0 aliphatic heterocycles. The molecular weight excluding hydrogens is 176 g/mol. The molecule has 0 amide bonds. The Labute approximate surface area is 86.8 Å². The molecule has 77 valence electrons. The minimum atomic E-state index is 0.440. The van der Waals surface area contributed by atoms with E-state index in [9.17, 15) is 0 Å². The van der Waals surface area contributed by atoms with E-state index in [4.69, 9.17) is 4.43 Å². The lowest BCUT2D eigenvalue weighted by Crippen LogP contribution is -2.10. The highest BCUT2D eigenvalue weighted by molar-refractivity contribution is 5.98. The van der Waals surface area contributed by atoms with Gasteiger partial charge in [-0.15, -0.1) is 0 Å². The van der Waals surface area contributed by atoms with Crippen LogP contribution in [-0.4, -0.2) is 16.6 Å². The van der Waals surface area contributed by atoms with Crippen molar-refractivity contribution < 1.29 is 4.43 Å². The second kappa shape index (κ2) is 10.3. The lowest BCUT2D eigenvalue weighted by atomic mass is 10.0. The Balaban J connectivity index is 3.28. The summed E-state index contributed by atoms with van der Waals surface area (Å²) in [6.45, 7) is 4.47. The van der Waals surface area contributed by atoms with Crippen molar-refractivity contribution in [3.05, 3.63) is 0 Å². The van der Waals surface area contributed by atoms with Crippen LogP contribution in [0.1, 0.15) is 65.2 Å². The fourth-order valence-electron chi connectivity index (χ4n) is 1.51. The fourth-order valence-corrected chi connectivity index (χ4v) is 1.74. The average Bonchev–Trinajstić information content (AvgIpc) is 2.16. The molecule has 2 heteroatoms. The van der Waals surface area contributed by atoms with Crippen molar-refractivity contribution >= 4 is 10.5 Å². The van der Waals surface area contributed by atoms with Crippen molar-refractivity contribution in [3.8, 4) is 0 Å². The molecular formula is C11H23OSi. The molecule has 0 bridgehead atoms. The van der Waals surface area contributed by atoms with Gasteiger partial charge in [-0.2, -0.15) is 0 Å². The molecule has 3 radical (unpaired) electrons. The minimum absolute atomic E-state index is 0.440. The molecule has 1 nitrogen and oxygen atoms in total. The van der Waals surface area contributed by atoms with Gasteiger partial charge in [-0.05, 0) is 12.8 Å². The van der Waals surface area contributed by atoms with Gasteiger partial charge in [-0.1, -0.05) is 52.4 Å². The average molecular weight is 199 g/mol.